The summed E-state index contributed by atoms with van der Waals surface area (Å²) in [4.78, 5) is 26.5. The van der Waals surface area contributed by atoms with Crippen molar-refractivity contribution < 1.29 is 19.2 Å². The quantitative estimate of drug-likeness (QED) is 0.623. The average molecular weight is 228 g/mol. The van der Waals surface area contributed by atoms with Crippen LogP contribution >= 0.6 is 0 Å². The van der Waals surface area contributed by atoms with Gasteiger partial charge < -0.3 is 15.4 Å². The zero-order valence-electron chi connectivity index (χ0n) is 8.71. The molecule has 0 aromatic carbocycles. The molecule has 3 N–H and O–H groups in total. The Hall–Kier alpha value is -1.96. The molecule has 88 valence electrons. The lowest BCUT2D eigenvalue weighted by atomic mass is 10.4. The summed E-state index contributed by atoms with van der Waals surface area (Å²) in [5.41, 5.74) is 4.99. The highest BCUT2D eigenvalue weighted by Crippen LogP contribution is 2.00. The Morgan fingerprint density at radius 2 is 2.19 bits per heavy atom. The van der Waals surface area contributed by atoms with E-state index in [1.165, 1.54) is 4.90 Å². The largest absolute Gasteiger partial charge is 0.480 e. The van der Waals surface area contributed by atoms with Crippen molar-refractivity contribution >= 4 is 11.9 Å². The van der Waals surface area contributed by atoms with Gasteiger partial charge in [-0.1, -0.05) is 5.16 Å². The minimum Gasteiger partial charge on any atom is -0.480 e. The molecule has 1 aromatic rings. The van der Waals surface area contributed by atoms with Crippen LogP contribution in [0.25, 0.3) is 0 Å². The number of nitrogens with zero attached hydrogens (tertiary/aromatic N) is 3. The lowest BCUT2D eigenvalue weighted by Crippen LogP contribution is -2.37. The fraction of sp³-hybridized carbons (Fsp3) is 0.500. The molecule has 1 heterocycles. The molecular formula is C8H12N4O4. The molecule has 0 spiro atoms. The van der Waals surface area contributed by atoms with Crippen LogP contribution < -0.4 is 5.73 Å². The van der Waals surface area contributed by atoms with Crippen molar-refractivity contribution in [3.05, 3.63) is 11.7 Å². The number of hydrogen-bond donors (Lipinski definition) is 2. The molecule has 0 aliphatic rings. The van der Waals surface area contributed by atoms with Crippen LogP contribution in [0.5, 0.6) is 0 Å². The van der Waals surface area contributed by atoms with Crippen LogP contribution in [0, 0.1) is 6.92 Å². The van der Waals surface area contributed by atoms with Crippen molar-refractivity contribution in [1.82, 2.24) is 15.0 Å². The zero-order valence-corrected chi connectivity index (χ0v) is 8.71. The minimum atomic E-state index is -1.05. The molecule has 0 saturated heterocycles. The van der Waals surface area contributed by atoms with Crippen LogP contribution in [0.15, 0.2) is 4.52 Å². The molecule has 1 amide bonds. The Morgan fingerprint density at radius 3 is 2.62 bits per heavy atom. The maximum absolute atomic E-state index is 10.7. The number of carboxylic acids is 1. The predicted octanol–water partition coefficient (Wildman–Crippen LogP) is -1.25. The van der Waals surface area contributed by atoms with Gasteiger partial charge in [0.2, 0.25) is 11.8 Å². The van der Waals surface area contributed by atoms with Gasteiger partial charge in [0.1, 0.15) is 0 Å². The summed E-state index contributed by atoms with van der Waals surface area (Å²) in [5, 5.41) is 12.2. The number of aliphatic carboxylic acids is 1. The van der Waals surface area contributed by atoms with E-state index in [9.17, 15) is 9.59 Å². The number of aryl methyl sites for hydroxylation is 1. The highest BCUT2D eigenvalue weighted by molar-refractivity contribution is 5.77. The van der Waals surface area contributed by atoms with Crippen LogP contribution in [0.3, 0.4) is 0 Å². The summed E-state index contributed by atoms with van der Waals surface area (Å²) in [5.74, 6) is -0.965. The third kappa shape index (κ3) is 4.05. The molecule has 0 bridgehead atoms. The molecular weight excluding hydrogens is 216 g/mol. The minimum absolute atomic E-state index is 0.104. The molecule has 8 nitrogen and oxygen atoms in total. The summed E-state index contributed by atoms with van der Waals surface area (Å²) in [7, 11) is 0. The Balaban J connectivity index is 2.62. The van der Waals surface area contributed by atoms with Crippen molar-refractivity contribution in [2.24, 2.45) is 5.73 Å². The fourth-order valence-electron chi connectivity index (χ4n) is 1.18. The first-order chi connectivity index (χ1) is 7.47. The van der Waals surface area contributed by atoms with Gasteiger partial charge >= 0.3 is 5.97 Å². The zero-order chi connectivity index (χ0) is 12.1. The van der Waals surface area contributed by atoms with Gasteiger partial charge in [-0.25, -0.2) is 0 Å². The van der Waals surface area contributed by atoms with E-state index in [4.69, 9.17) is 15.4 Å². The summed E-state index contributed by atoms with van der Waals surface area (Å²) < 4.78 is 4.72. The number of nitrogens with two attached hydrogens (primary N) is 1. The second-order valence-electron chi connectivity index (χ2n) is 3.23. The molecule has 0 atom stereocenters. The van der Waals surface area contributed by atoms with Gasteiger partial charge in [-0.05, 0) is 0 Å². The normalized spacial score (nSPS) is 10.6. The molecule has 0 aliphatic heterocycles. The van der Waals surface area contributed by atoms with Crippen LogP contribution in [0.1, 0.15) is 11.7 Å². The van der Waals surface area contributed by atoms with E-state index in [0.29, 0.717) is 11.7 Å². The second-order valence-corrected chi connectivity index (χ2v) is 3.23. The Labute approximate surface area is 91.0 Å². The highest BCUT2D eigenvalue weighted by atomic mass is 16.5. The smallest absolute Gasteiger partial charge is 0.317 e. The number of aromatic nitrogens is 2. The average Bonchev–Trinajstić information content (AvgIpc) is 2.48. The van der Waals surface area contributed by atoms with Crippen LogP contribution in [0.2, 0.25) is 0 Å². The number of hydrogen-bond acceptors (Lipinski definition) is 6. The predicted molar refractivity (Wildman–Crippen MR) is 51.1 cm³/mol. The maximum Gasteiger partial charge on any atom is 0.317 e. The Kier molecular flexibility index (Phi) is 3.95. The van der Waals surface area contributed by atoms with Crippen molar-refractivity contribution in [2.45, 2.75) is 13.5 Å². The number of primary amides is 1. The summed E-state index contributed by atoms with van der Waals surface area (Å²) in [6, 6.07) is 0. The van der Waals surface area contributed by atoms with E-state index in [-0.39, 0.29) is 19.6 Å². The second kappa shape index (κ2) is 5.21. The maximum atomic E-state index is 10.7. The van der Waals surface area contributed by atoms with Crippen molar-refractivity contribution in [2.75, 3.05) is 13.1 Å². The molecule has 0 aliphatic carbocycles. The molecule has 0 radical (unpaired) electrons. The van der Waals surface area contributed by atoms with Gasteiger partial charge in [-0.3, -0.25) is 14.5 Å². The molecule has 0 unspecified atom stereocenters. The van der Waals surface area contributed by atoms with Gasteiger partial charge in [-0.2, -0.15) is 4.98 Å². The van der Waals surface area contributed by atoms with Crippen molar-refractivity contribution in [3.63, 3.8) is 0 Å². The van der Waals surface area contributed by atoms with Gasteiger partial charge in [0, 0.05) is 6.92 Å². The number of carboxylic acid groups (broad SMARTS) is 1. The summed E-state index contributed by atoms with van der Waals surface area (Å²) >= 11 is 0. The van der Waals surface area contributed by atoms with E-state index in [1.807, 2.05) is 0 Å². The molecule has 0 saturated carbocycles. The summed E-state index contributed by atoms with van der Waals surface area (Å²) in [6.45, 7) is 1.25. The monoisotopic (exact) mass is 228 g/mol. The van der Waals surface area contributed by atoms with Gasteiger partial charge in [0.15, 0.2) is 5.82 Å². The van der Waals surface area contributed by atoms with Crippen LogP contribution in [-0.4, -0.2) is 45.1 Å². The third-order valence-corrected chi connectivity index (χ3v) is 1.67. The molecule has 8 heteroatoms. The number of carbonyl (C=O) groups is 2. The van der Waals surface area contributed by atoms with E-state index < -0.39 is 11.9 Å². The SMILES string of the molecule is Cc1nc(CN(CC(N)=O)CC(=O)O)no1. The number of amides is 1. The van der Waals surface area contributed by atoms with Crippen LogP contribution in [-0.2, 0) is 16.1 Å². The Bertz CT molecular complexity index is 373. The number of rotatable bonds is 6. The third-order valence-electron chi connectivity index (χ3n) is 1.67. The van der Waals surface area contributed by atoms with E-state index in [1.54, 1.807) is 6.92 Å². The molecule has 0 fully saturated rings. The topological polar surface area (TPSA) is 123 Å². The van der Waals surface area contributed by atoms with E-state index in [2.05, 4.69) is 10.1 Å². The number of carbonyl (C=O) groups excluding carboxylic acids is 1. The van der Waals surface area contributed by atoms with Crippen molar-refractivity contribution in [3.8, 4) is 0 Å². The lowest BCUT2D eigenvalue weighted by molar-refractivity contribution is -0.138. The standard InChI is InChI=1S/C8H12N4O4/c1-5-10-7(11-16-5)3-12(2-6(9)13)4-8(14)15/h2-4H2,1H3,(H2,9,13)(H,14,15). The summed E-state index contributed by atoms with van der Waals surface area (Å²) in [6.07, 6.45) is 0. The van der Waals surface area contributed by atoms with Gasteiger partial charge in [-0.15, -0.1) is 0 Å². The van der Waals surface area contributed by atoms with E-state index in [0.717, 1.165) is 0 Å². The highest BCUT2D eigenvalue weighted by Gasteiger charge is 2.15. The van der Waals surface area contributed by atoms with Gasteiger partial charge in [0.25, 0.3) is 0 Å². The van der Waals surface area contributed by atoms with Crippen LogP contribution in [0.4, 0.5) is 0 Å². The van der Waals surface area contributed by atoms with Gasteiger partial charge in [0.05, 0.1) is 19.6 Å². The molecule has 1 aromatic heterocycles. The first kappa shape index (κ1) is 12.1. The fourth-order valence-corrected chi connectivity index (χ4v) is 1.18. The first-order valence-corrected chi connectivity index (χ1v) is 4.49. The Morgan fingerprint density at radius 1 is 1.50 bits per heavy atom. The lowest BCUT2D eigenvalue weighted by Gasteiger charge is -2.15. The van der Waals surface area contributed by atoms with E-state index >= 15 is 0 Å². The molecule has 1 rings (SSSR count). The first-order valence-electron chi connectivity index (χ1n) is 4.49. The molecule has 16 heavy (non-hydrogen) atoms. The van der Waals surface area contributed by atoms with Crippen molar-refractivity contribution in [1.29, 1.82) is 0 Å².